The van der Waals surface area contributed by atoms with Gasteiger partial charge in [0.25, 0.3) is 0 Å². The average molecular weight is 457 g/mol. The standard InChI is InChI=1S/C18H16.C10H8N2O2.ClH/c1-3-7-15-13(5-1)9-11-18-16-8-4-2-6-14(16)10-12-17(15)18;1-14-10(13)9-5-8-7(6-12-9)3-2-4-11-8;/h1,3-5,7-9,11H,2,6,10,12H2;2-6H,1H3;1H. The fourth-order valence-electron chi connectivity index (χ4n) is 4.57. The van der Waals surface area contributed by atoms with E-state index in [2.05, 4.69) is 63.3 Å². The van der Waals surface area contributed by atoms with Crippen molar-refractivity contribution in [3.05, 3.63) is 102 Å². The Bertz CT molecular complexity index is 1390. The van der Waals surface area contributed by atoms with E-state index in [1.165, 1.54) is 54.7 Å². The minimum Gasteiger partial charge on any atom is -0.464 e. The van der Waals surface area contributed by atoms with Crippen LogP contribution in [0.15, 0.2) is 84.7 Å². The summed E-state index contributed by atoms with van der Waals surface area (Å²) in [7, 11) is 1.33. The smallest absolute Gasteiger partial charge is 0.356 e. The lowest BCUT2D eigenvalue weighted by Gasteiger charge is -2.25. The van der Waals surface area contributed by atoms with Gasteiger partial charge in [-0.2, -0.15) is 0 Å². The SMILES string of the molecule is C1=CC2=C(CC1)CCc1c2ccc2ccccc12.COC(=O)c1cc2ncccc2cn1.Cl. The molecule has 2 heterocycles. The van der Waals surface area contributed by atoms with E-state index >= 15 is 0 Å². The van der Waals surface area contributed by atoms with Gasteiger partial charge < -0.3 is 4.74 Å². The number of nitrogens with zero attached hydrogens (tertiary/aromatic N) is 2. The highest BCUT2D eigenvalue weighted by molar-refractivity contribution is 5.94. The number of rotatable bonds is 1. The number of esters is 1. The molecule has 6 rings (SSSR count). The van der Waals surface area contributed by atoms with Gasteiger partial charge in [0.2, 0.25) is 0 Å². The van der Waals surface area contributed by atoms with Gasteiger partial charge in [0.05, 0.1) is 12.6 Å². The maximum absolute atomic E-state index is 11.1. The van der Waals surface area contributed by atoms with Crippen molar-refractivity contribution in [2.45, 2.75) is 25.7 Å². The van der Waals surface area contributed by atoms with Gasteiger partial charge >= 0.3 is 5.97 Å². The molecule has 2 aromatic heterocycles. The van der Waals surface area contributed by atoms with E-state index in [1.54, 1.807) is 29.6 Å². The Hall–Kier alpha value is -3.50. The number of aryl methyl sites for hydroxylation is 1. The van der Waals surface area contributed by atoms with Gasteiger partial charge in [-0.05, 0) is 71.4 Å². The van der Waals surface area contributed by atoms with E-state index in [0.717, 1.165) is 10.9 Å². The van der Waals surface area contributed by atoms with E-state index in [0.29, 0.717) is 0 Å². The van der Waals surface area contributed by atoms with E-state index in [9.17, 15) is 4.79 Å². The van der Waals surface area contributed by atoms with Crippen molar-refractivity contribution in [1.29, 1.82) is 0 Å². The van der Waals surface area contributed by atoms with Crippen molar-refractivity contribution >= 4 is 45.6 Å². The Balaban J connectivity index is 0.000000158. The van der Waals surface area contributed by atoms with Crippen LogP contribution >= 0.6 is 12.4 Å². The topological polar surface area (TPSA) is 52.1 Å². The molecule has 0 fully saturated rings. The molecule has 0 N–H and O–H groups in total. The molecular formula is C28H25ClN2O2. The molecule has 2 aliphatic rings. The minimum absolute atomic E-state index is 0. The van der Waals surface area contributed by atoms with Crippen molar-refractivity contribution in [1.82, 2.24) is 9.97 Å². The quantitative estimate of drug-likeness (QED) is 0.298. The van der Waals surface area contributed by atoms with Gasteiger partial charge in [-0.15, -0.1) is 12.4 Å². The van der Waals surface area contributed by atoms with Crippen LogP contribution < -0.4 is 0 Å². The molecule has 0 amide bonds. The van der Waals surface area contributed by atoms with E-state index in [-0.39, 0.29) is 18.1 Å². The van der Waals surface area contributed by atoms with Crippen LogP contribution in [0.2, 0.25) is 0 Å². The van der Waals surface area contributed by atoms with Crippen molar-refractivity contribution in [2.75, 3.05) is 7.11 Å². The highest BCUT2D eigenvalue weighted by Gasteiger charge is 2.20. The zero-order chi connectivity index (χ0) is 21.9. The second kappa shape index (κ2) is 9.97. The van der Waals surface area contributed by atoms with E-state index < -0.39 is 5.97 Å². The first-order chi connectivity index (χ1) is 15.7. The summed E-state index contributed by atoms with van der Waals surface area (Å²) in [6.45, 7) is 0. The zero-order valence-corrected chi connectivity index (χ0v) is 19.3. The van der Waals surface area contributed by atoms with Crippen molar-refractivity contribution < 1.29 is 9.53 Å². The lowest BCUT2D eigenvalue weighted by atomic mass is 9.80. The molecule has 166 valence electrons. The molecule has 0 radical (unpaired) electrons. The number of hydrogen-bond donors (Lipinski definition) is 0. The molecule has 33 heavy (non-hydrogen) atoms. The number of fused-ring (bicyclic) bond motifs is 5. The van der Waals surface area contributed by atoms with Gasteiger partial charge in [0.1, 0.15) is 0 Å². The second-order valence-corrected chi connectivity index (χ2v) is 8.03. The number of carbonyl (C=O) groups is 1. The molecule has 4 aromatic rings. The van der Waals surface area contributed by atoms with Crippen molar-refractivity contribution in [3.63, 3.8) is 0 Å². The van der Waals surface area contributed by atoms with E-state index in [1.807, 2.05) is 12.1 Å². The summed E-state index contributed by atoms with van der Waals surface area (Å²) in [4.78, 5) is 19.2. The van der Waals surface area contributed by atoms with Crippen LogP contribution in [0.5, 0.6) is 0 Å². The summed E-state index contributed by atoms with van der Waals surface area (Å²) in [5.41, 5.74) is 7.22. The van der Waals surface area contributed by atoms with Crippen LogP contribution in [0.4, 0.5) is 0 Å². The van der Waals surface area contributed by atoms with Crippen molar-refractivity contribution in [2.24, 2.45) is 0 Å². The summed E-state index contributed by atoms with van der Waals surface area (Å²) in [6.07, 6.45) is 12.9. The molecule has 2 aromatic carbocycles. The van der Waals surface area contributed by atoms with Crippen LogP contribution in [0.3, 0.4) is 0 Å². The molecule has 0 saturated heterocycles. The Morgan fingerprint density at radius 3 is 2.67 bits per heavy atom. The summed E-state index contributed by atoms with van der Waals surface area (Å²) >= 11 is 0. The fraction of sp³-hybridized carbons (Fsp3) is 0.179. The Morgan fingerprint density at radius 1 is 0.939 bits per heavy atom. The highest BCUT2D eigenvalue weighted by Crippen LogP contribution is 2.39. The Kier molecular flexibility index (Phi) is 6.85. The van der Waals surface area contributed by atoms with Crippen LogP contribution in [-0.4, -0.2) is 23.0 Å². The number of carbonyl (C=O) groups excluding carboxylic acids is 1. The molecular weight excluding hydrogens is 432 g/mol. The van der Waals surface area contributed by atoms with Crippen LogP contribution in [0.1, 0.15) is 40.9 Å². The fourth-order valence-corrected chi connectivity index (χ4v) is 4.57. The Labute approximate surface area is 199 Å². The molecule has 4 nitrogen and oxygen atoms in total. The predicted octanol–water partition coefficient (Wildman–Crippen LogP) is 6.73. The summed E-state index contributed by atoms with van der Waals surface area (Å²) in [5.74, 6) is -0.447. The van der Waals surface area contributed by atoms with E-state index in [4.69, 9.17) is 0 Å². The van der Waals surface area contributed by atoms with Gasteiger partial charge in [-0.1, -0.05) is 54.1 Å². The number of benzene rings is 2. The Morgan fingerprint density at radius 2 is 1.79 bits per heavy atom. The maximum atomic E-state index is 11.1. The second-order valence-electron chi connectivity index (χ2n) is 8.03. The normalized spacial score (nSPS) is 14.0. The average Bonchev–Trinajstić information content (AvgIpc) is 2.88. The predicted molar refractivity (Wildman–Crippen MR) is 136 cm³/mol. The lowest BCUT2D eigenvalue weighted by molar-refractivity contribution is 0.0594. The number of methoxy groups -OCH3 is 1. The number of aromatic nitrogens is 2. The van der Waals surface area contributed by atoms with Crippen LogP contribution in [-0.2, 0) is 11.2 Å². The number of pyridine rings is 2. The monoisotopic (exact) mass is 456 g/mol. The number of halogens is 1. The molecule has 0 unspecified atom stereocenters. The highest BCUT2D eigenvalue weighted by atomic mass is 35.5. The first kappa shape index (κ1) is 22.7. The van der Waals surface area contributed by atoms with Crippen LogP contribution in [0.25, 0.3) is 27.2 Å². The molecule has 5 heteroatoms. The van der Waals surface area contributed by atoms with Gasteiger partial charge in [0, 0.05) is 17.8 Å². The lowest BCUT2D eigenvalue weighted by Crippen LogP contribution is -2.06. The molecule has 0 aliphatic heterocycles. The molecule has 0 spiro atoms. The van der Waals surface area contributed by atoms with Gasteiger partial charge in [-0.25, -0.2) is 9.78 Å². The number of hydrogen-bond acceptors (Lipinski definition) is 4. The third-order valence-corrected chi connectivity index (χ3v) is 6.17. The van der Waals surface area contributed by atoms with Gasteiger partial charge in [-0.3, -0.25) is 4.98 Å². The molecule has 0 atom stereocenters. The van der Waals surface area contributed by atoms with Crippen LogP contribution in [0, 0.1) is 0 Å². The summed E-state index contributed by atoms with van der Waals surface area (Å²) in [5, 5.41) is 3.72. The zero-order valence-electron chi connectivity index (χ0n) is 18.5. The third-order valence-electron chi connectivity index (χ3n) is 6.17. The molecule has 2 aliphatic carbocycles. The largest absolute Gasteiger partial charge is 0.464 e. The maximum Gasteiger partial charge on any atom is 0.356 e. The first-order valence-electron chi connectivity index (χ1n) is 10.9. The first-order valence-corrected chi connectivity index (χ1v) is 10.9. The minimum atomic E-state index is -0.447. The molecule has 0 saturated carbocycles. The van der Waals surface area contributed by atoms with Crippen molar-refractivity contribution in [3.8, 4) is 0 Å². The molecule has 0 bridgehead atoms. The summed E-state index contributed by atoms with van der Waals surface area (Å²) < 4.78 is 4.56. The summed E-state index contributed by atoms with van der Waals surface area (Å²) in [6, 6.07) is 18.7. The van der Waals surface area contributed by atoms with Gasteiger partial charge in [0.15, 0.2) is 5.69 Å². The third kappa shape index (κ3) is 4.53. The number of allylic oxidation sites excluding steroid dienone is 4. The number of ether oxygens (including phenoxy) is 1.